The second kappa shape index (κ2) is 5.83. The van der Waals surface area contributed by atoms with Gasteiger partial charge in [0.15, 0.2) is 5.78 Å². The molecule has 3 N–H and O–H groups in total. The van der Waals surface area contributed by atoms with Crippen LogP contribution in [0.25, 0.3) is 0 Å². The molecule has 1 aromatic heterocycles. The molecular weight excluding hydrogens is 258 g/mol. The van der Waals surface area contributed by atoms with E-state index in [9.17, 15) is 14.4 Å². The van der Waals surface area contributed by atoms with Gasteiger partial charge in [0.1, 0.15) is 5.69 Å². The van der Waals surface area contributed by atoms with Gasteiger partial charge >= 0.3 is 0 Å². The first-order chi connectivity index (χ1) is 9.58. The Kier molecular flexibility index (Phi) is 3.95. The van der Waals surface area contributed by atoms with Crippen LogP contribution < -0.4 is 10.9 Å². The summed E-state index contributed by atoms with van der Waals surface area (Å²) in [6.45, 7) is 1.40. The van der Waals surface area contributed by atoms with Crippen molar-refractivity contribution >= 4 is 17.6 Å². The van der Waals surface area contributed by atoms with Crippen molar-refractivity contribution in [2.45, 2.75) is 6.92 Å². The van der Waals surface area contributed by atoms with Gasteiger partial charge in [-0.25, -0.2) is 0 Å². The number of hydrazine groups is 1. The molecule has 20 heavy (non-hydrogen) atoms. The third-order valence-electron chi connectivity index (χ3n) is 2.66. The minimum absolute atomic E-state index is 0.145. The highest BCUT2D eigenvalue weighted by molar-refractivity contribution is 6.00. The summed E-state index contributed by atoms with van der Waals surface area (Å²) in [7, 11) is 0. The van der Waals surface area contributed by atoms with Crippen LogP contribution in [0, 0.1) is 0 Å². The molecule has 0 atom stereocenters. The molecule has 0 aliphatic carbocycles. The van der Waals surface area contributed by atoms with E-state index < -0.39 is 11.8 Å². The maximum atomic E-state index is 11.7. The van der Waals surface area contributed by atoms with Gasteiger partial charge in [-0.1, -0.05) is 18.2 Å². The third kappa shape index (κ3) is 3.11. The van der Waals surface area contributed by atoms with Crippen LogP contribution in [-0.4, -0.2) is 22.6 Å². The van der Waals surface area contributed by atoms with Gasteiger partial charge in [0, 0.05) is 17.3 Å². The molecule has 0 spiro atoms. The topological polar surface area (TPSA) is 91.1 Å². The fourth-order valence-corrected chi connectivity index (χ4v) is 1.57. The predicted octanol–water partition coefficient (Wildman–Crippen LogP) is 1.29. The molecule has 6 nitrogen and oxygen atoms in total. The van der Waals surface area contributed by atoms with Gasteiger partial charge in [-0.05, 0) is 25.1 Å². The summed E-state index contributed by atoms with van der Waals surface area (Å²) >= 11 is 0. The fraction of sp³-hybridized carbons (Fsp3) is 0.0714. The summed E-state index contributed by atoms with van der Waals surface area (Å²) in [5.41, 5.74) is 5.60. The normalized spacial score (nSPS) is 9.85. The van der Waals surface area contributed by atoms with E-state index in [-0.39, 0.29) is 11.5 Å². The maximum Gasteiger partial charge on any atom is 0.286 e. The van der Waals surface area contributed by atoms with Gasteiger partial charge in [0.2, 0.25) is 0 Å². The molecular formula is C14H13N3O3. The Hall–Kier alpha value is -2.89. The van der Waals surface area contributed by atoms with Crippen molar-refractivity contribution in [2.75, 3.05) is 0 Å². The first kappa shape index (κ1) is 13.5. The lowest BCUT2D eigenvalue weighted by Crippen LogP contribution is -2.41. The van der Waals surface area contributed by atoms with E-state index in [2.05, 4.69) is 15.8 Å². The number of nitrogens with one attached hydrogen (secondary N) is 3. The summed E-state index contributed by atoms with van der Waals surface area (Å²) in [6.07, 6.45) is 1.44. The number of rotatable bonds is 3. The van der Waals surface area contributed by atoms with Gasteiger partial charge in [-0.3, -0.25) is 25.2 Å². The second-order valence-corrected chi connectivity index (χ2v) is 4.13. The Balaban J connectivity index is 1.95. The van der Waals surface area contributed by atoms with Crippen molar-refractivity contribution in [3.63, 3.8) is 0 Å². The minimum atomic E-state index is -0.526. The molecule has 0 saturated carbocycles. The van der Waals surface area contributed by atoms with Crippen LogP contribution in [0.1, 0.15) is 38.1 Å². The highest BCUT2D eigenvalue weighted by Crippen LogP contribution is 2.04. The first-order valence-corrected chi connectivity index (χ1v) is 5.93. The minimum Gasteiger partial charge on any atom is -0.356 e. The van der Waals surface area contributed by atoms with Crippen molar-refractivity contribution in [3.05, 3.63) is 59.4 Å². The zero-order chi connectivity index (χ0) is 14.5. The maximum absolute atomic E-state index is 11.7. The average molecular weight is 271 g/mol. The first-order valence-electron chi connectivity index (χ1n) is 5.93. The molecule has 2 amide bonds. The monoisotopic (exact) mass is 271 g/mol. The molecule has 0 aliphatic heterocycles. The molecule has 0 aliphatic rings. The largest absolute Gasteiger partial charge is 0.356 e. The second-order valence-electron chi connectivity index (χ2n) is 4.13. The molecule has 2 aromatic rings. The van der Waals surface area contributed by atoms with E-state index in [0.29, 0.717) is 11.1 Å². The number of aromatic amines is 1. The van der Waals surface area contributed by atoms with E-state index >= 15 is 0 Å². The average Bonchev–Trinajstić information content (AvgIpc) is 2.95. The van der Waals surface area contributed by atoms with Crippen LogP contribution >= 0.6 is 0 Å². The van der Waals surface area contributed by atoms with Crippen molar-refractivity contribution in [1.82, 2.24) is 15.8 Å². The smallest absolute Gasteiger partial charge is 0.286 e. The van der Waals surface area contributed by atoms with Crippen molar-refractivity contribution < 1.29 is 14.4 Å². The molecule has 1 aromatic carbocycles. The summed E-state index contributed by atoms with van der Waals surface area (Å²) in [5.74, 6) is -1.09. The SMILES string of the molecule is CC(=O)c1c[nH]c(C(=O)NNC(=O)c2ccccc2)c1. The molecule has 6 heteroatoms. The number of ketones is 1. The van der Waals surface area contributed by atoms with E-state index in [0.717, 1.165) is 0 Å². The number of aromatic nitrogens is 1. The van der Waals surface area contributed by atoms with Crippen molar-refractivity contribution in [1.29, 1.82) is 0 Å². The molecule has 0 saturated heterocycles. The molecule has 102 valence electrons. The Morgan fingerprint density at radius 3 is 2.20 bits per heavy atom. The molecule has 0 radical (unpaired) electrons. The number of H-pyrrole nitrogens is 1. The number of hydrogen-bond acceptors (Lipinski definition) is 3. The summed E-state index contributed by atoms with van der Waals surface area (Å²) < 4.78 is 0. The lowest BCUT2D eigenvalue weighted by molar-refractivity contribution is 0.0844. The van der Waals surface area contributed by atoms with Gasteiger partial charge in [0.25, 0.3) is 11.8 Å². The number of hydrogen-bond donors (Lipinski definition) is 3. The lowest BCUT2D eigenvalue weighted by atomic mass is 10.2. The number of carbonyl (C=O) groups excluding carboxylic acids is 3. The van der Waals surface area contributed by atoms with E-state index in [1.807, 2.05) is 0 Å². The fourth-order valence-electron chi connectivity index (χ4n) is 1.57. The summed E-state index contributed by atoms with van der Waals surface area (Å²) in [4.78, 5) is 37.2. The van der Waals surface area contributed by atoms with E-state index in [1.165, 1.54) is 19.2 Å². The van der Waals surface area contributed by atoms with Gasteiger partial charge in [-0.15, -0.1) is 0 Å². The molecule has 1 heterocycles. The van der Waals surface area contributed by atoms with Gasteiger partial charge in [0.05, 0.1) is 0 Å². The highest BCUT2D eigenvalue weighted by Gasteiger charge is 2.12. The Morgan fingerprint density at radius 2 is 1.60 bits per heavy atom. The number of amides is 2. The van der Waals surface area contributed by atoms with Gasteiger partial charge < -0.3 is 4.98 Å². The zero-order valence-corrected chi connectivity index (χ0v) is 10.8. The Labute approximate surface area is 115 Å². The molecule has 0 unspecified atom stereocenters. The lowest BCUT2D eigenvalue weighted by Gasteiger charge is -2.05. The standard InChI is InChI=1S/C14H13N3O3/c1-9(18)11-7-12(15-8-11)14(20)17-16-13(19)10-5-3-2-4-6-10/h2-8,15H,1H3,(H,16,19)(H,17,20). The van der Waals surface area contributed by atoms with Crippen LogP contribution in [0.2, 0.25) is 0 Å². The Morgan fingerprint density at radius 1 is 0.950 bits per heavy atom. The quantitative estimate of drug-likeness (QED) is 0.580. The van der Waals surface area contributed by atoms with Crippen LogP contribution in [-0.2, 0) is 0 Å². The number of carbonyl (C=O) groups is 3. The third-order valence-corrected chi connectivity index (χ3v) is 2.66. The number of benzene rings is 1. The highest BCUT2D eigenvalue weighted by atomic mass is 16.2. The predicted molar refractivity (Wildman–Crippen MR) is 72.2 cm³/mol. The van der Waals surface area contributed by atoms with Crippen molar-refractivity contribution in [2.24, 2.45) is 0 Å². The summed E-state index contributed by atoms with van der Waals surface area (Å²) in [5, 5.41) is 0. The number of Topliss-reactive ketones (excluding diaryl/α,β-unsaturated/α-hetero) is 1. The van der Waals surface area contributed by atoms with E-state index in [4.69, 9.17) is 0 Å². The van der Waals surface area contributed by atoms with Crippen LogP contribution in [0.4, 0.5) is 0 Å². The summed E-state index contributed by atoms with van der Waals surface area (Å²) in [6, 6.07) is 9.92. The van der Waals surface area contributed by atoms with Gasteiger partial charge in [-0.2, -0.15) is 0 Å². The van der Waals surface area contributed by atoms with Crippen molar-refractivity contribution in [3.8, 4) is 0 Å². The van der Waals surface area contributed by atoms with Crippen LogP contribution in [0.15, 0.2) is 42.6 Å². The Bertz CT molecular complexity index is 647. The molecule has 0 bridgehead atoms. The van der Waals surface area contributed by atoms with E-state index in [1.54, 1.807) is 30.3 Å². The molecule has 0 fully saturated rings. The van der Waals surface area contributed by atoms with Crippen LogP contribution in [0.5, 0.6) is 0 Å². The molecule has 2 rings (SSSR count). The van der Waals surface area contributed by atoms with Crippen LogP contribution in [0.3, 0.4) is 0 Å². The zero-order valence-electron chi connectivity index (χ0n) is 10.8.